The first kappa shape index (κ1) is 17.9. The van der Waals surface area contributed by atoms with Gasteiger partial charge in [-0.2, -0.15) is 16.9 Å². The van der Waals surface area contributed by atoms with Crippen LogP contribution in [0.15, 0.2) is 72.9 Å². The molecule has 5 nitrogen and oxygen atoms in total. The van der Waals surface area contributed by atoms with Gasteiger partial charge in [0.15, 0.2) is 5.65 Å². The molecular formula is C23H20N4OS. The first-order valence-electron chi connectivity index (χ1n) is 9.68. The minimum atomic E-state index is 0.0111. The monoisotopic (exact) mass is 400 g/mol. The van der Waals surface area contributed by atoms with E-state index in [2.05, 4.69) is 17.2 Å². The molecule has 0 bridgehead atoms. The molecule has 0 atom stereocenters. The molecule has 1 fully saturated rings. The van der Waals surface area contributed by atoms with Crippen LogP contribution in [-0.4, -0.2) is 50.0 Å². The third-order valence-electron chi connectivity index (χ3n) is 5.14. The number of rotatable bonds is 3. The number of carbonyl (C=O) groups is 1. The van der Waals surface area contributed by atoms with Gasteiger partial charge in [-0.1, -0.05) is 60.7 Å². The highest BCUT2D eigenvalue weighted by Gasteiger charge is 2.24. The minimum absolute atomic E-state index is 0.0111. The molecule has 1 aliphatic heterocycles. The average molecular weight is 401 g/mol. The van der Waals surface area contributed by atoms with Crippen LogP contribution in [0, 0.1) is 0 Å². The fraction of sp³-hybridized carbons (Fsp3) is 0.174. The van der Waals surface area contributed by atoms with Gasteiger partial charge in [0.05, 0.1) is 17.6 Å². The molecule has 0 radical (unpaired) electrons. The summed E-state index contributed by atoms with van der Waals surface area (Å²) in [6.45, 7) is 1.54. The standard InChI is InChI=1S/C23H20N4OS/c28-23(26-11-13-29-14-12-26)19-16-24-27-21(18-9-5-2-6-10-18)15-20(25-22(19)27)17-7-3-1-4-8-17/h1-10,15-16H,11-14H2. The summed E-state index contributed by atoms with van der Waals surface area (Å²) >= 11 is 1.89. The van der Waals surface area contributed by atoms with E-state index in [1.54, 1.807) is 10.7 Å². The third kappa shape index (κ3) is 3.40. The molecule has 0 N–H and O–H groups in total. The molecular weight excluding hydrogens is 380 g/mol. The van der Waals surface area contributed by atoms with Crippen molar-refractivity contribution < 1.29 is 4.79 Å². The smallest absolute Gasteiger partial charge is 0.259 e. The minimum Gasteiger partial charge on any atom is -0.337 e. The summed E-state index contributed by atoms with van der Waals surface area (Å²) < 4.78 is 1.79. The summed E-state index contributed by atoms with van der Waals surface area (Å²) in [5.74, 6) is 1.96. The maximum atomic E-state index is 13.2. The van der Waals surface area contributed by atoms with E-state index in [0.717, 1.165) is 47.1 Å². The molecule has 1 aliphatic rings. The summed E-state index contributed by atoms with van der Waals surface area (Å²) in [6.07, 6.45) is 1.66. The lowest BCUT2D eigenvalue weighted by Gasteiger charge is -2.25. The molecule has 3 heterocycles. The number of hydrogen-bond donors (Lipinski definition) is 0. The third-order valence-corrected chi connectivity index (χ3v) is 6.08. The van der Waals surface area contributed by atoms with Gasteiger partial charge >= 0.3 is 0 Å². The number of carbonyl (C=O) groups excluding carboxylic acids is 1. The number of benzene rings is 2. The molecule has 0 unspecified atom stereocenters. The van der Waals surface area contributed by atoms with Crippen molar-refractivity contribution in [3.05, 3.63) is 78.5 Å². The predicted molar refractivity (Wildman–Crippen MR) is 117 cm³/mol. The Morgan fingerprint density at radius 1 is 0.897 bits per heavy atom. The second-order valence-electron chi connectivity index (χ2n) is 6.96. The molecule has 0 spiro atoms. The highest BCUT2D eigenvalue weighted by atomic mass is 32.2. The second-order valence-corrected chi connectivity index (χ2v) is 8.18. The number of nitrogens with zero attached hydrogens (tertiary/aromatic N) is 4. The normalized spacial score (nSPS) is 14.3. The van der Waals surface area contributed by atoms with Gasteiger partial charge < -0.3 is 4.90 Å². The molecule has 2 aromatic heterocycles. The molecule has 0 aliphatic carbocycles. The maximum Gasteiger partial charge on any atom is 0.259 e. The highest BCUT2D eigenvalue weighted by molar-refractivity contribution is 7.99. The average Bonchev–Trinajstić information content (AvgIpc) is 3.24. The van der Waals surface area contributed by atoms with Crippen LogP contribution in [0.1, 0.15) is 10.4 Å². The first-order chi connectivity index (χ1) is 14.3. The molecule has 0 saturated carbocycles. The van der Waals surface area contributed by atoms with Crippen molar-refractivity contribution in [2.24, 2.45) is 0 Å². The van der Waals surface area contributed by atoms with Crippen molar-refractivity contribution >= 4 is 23.3 Å². The van der Waals surface area contributed by atoms with E-state index in [-0.39, 0.29) is 5.91 Å². The lowest BCUT2D eigenvalue weighted by Crippen LogP contribution is -2.37. The molecule has 1 amide bonds. The van der Waals surface area contributed by atoms with E-state index in [0.29, 0.717) is 11.2 Å². The van der Waals surface area contributed by atoms with Crippen molar-refractivity contribution in [2.45, 2.75) is 0 Å². The largest absolute Gasteiger partial charge is 0.337 e. The lowest BCUT2D eigenvalue weighted by molar-refractivity contribution is 0.0774. The molecule has 5 rings (SSSR count). The number of fused-ring (bicyclic) bond motifs is 1. The first-order valence-corrected chi connectivity index (χ1v) is 10.8. The molecule has 1 saturated heterocycles. The zero-order valence-electron chi connectivity index (χ0n) is 15.9. The van der Waals surface area contributed by atoms with Gasteiger partial charge in [0, 0.05) is 35.7 Å². The Labute approximate surface area is 173 Å². The molecule has 29 heavy (non-hydrogen) atoms. The molecule has 6 heteroatoms. The Kier molecular flexibility index (Phi) is 4.77. The van der Waals surface area contributed by atoms with Crippen molar-refractivity contribution in [3.8, 4) is 22.5 Å². The van der Waals surface area contributed by atoms with Crippen molar-refractivity contribution in [2.75, 3.05) is 24.6 Å². The van der Waals surface area contributed by atoms with Gasteiger partial charge in [0.2, 0.25) is 0 Å². The van der Waals surface area contributed by atoms with E-state index >= 15 is 0 Å². The Balaban J connectivity index is 1.70. The Hall–Kier alpha value is -3.12. The Bertz CT molecular complexity index is 1150. The van der Waals surface area contributed by atoms with Crippen LogP contribution in [-0.2, 0) is 0 Å². The van der Waals surface area contributed by atoms with Gasteiger partial charge in [-0.3, -0.25) is 4.79 Å². The summed E-state index contributed by atoms with van der Waals surface area (Å²) in [6, 6.07) is 22.2. The summed E-state index contributed by atoms with van der Waals surface area (Å²) in [4.78, 5) is 20.0. The van der Waals surface area contributed by atoms with Gasteiger partial charge in [-0.25, -0.2) is 9.50 Å². The zero-order valence-corrected chi connectivity index (χ0v) is 16.7. The van der Waals surface area contributed by atoms with E-state index in [1.165, 1.54) is 0 Å². The zero-order chi connectivity index (χ0) is 19.6. The van der Waals surface area contributed by atoms with Crippen LogP contribution < -0.4 is 0 Å². The fourth-order valence-corrected chi connectivity index (χ4v) is 4.52. The van der Waals surface area contributed by atoms with E-state index < -0.39 is 0 Å². The highest BCUT2D eigenvalue weighted by Crippen LogP contribution is 2.28. The Morgan fingerprint density at radius 2 is 1.55 bits per heavy atom. The lowest BCUT2D eigenvalue weighted by atomic mass is 10.1. The van der Waals surface area contributed by atoms with E-state index in [1.807, 2.05) is 71.3 Å². The van der Waals surface area contributed by atoms with Crippen LogP contribution >= 0.6 is 11.8 Å². The SMILES string of the molecule is O=C(c1cnn2c(-c3ccccc3)cc(-c3ccccc3)nc12)N1CCSCC1. The molecule has 4 aromatic rings. The molecule has 144 valence electrons. The van der Waals surface area contributed by atoms with Crippen LogP contribution in [0.25, 0.3) is 28.2 Å². The number of hydrogen-bond acceptors (Lipinski definition) is 4. The van der Waals surface area contributed by atoms with Gasteiger partial charge in [-0.05, 0) is 6.07 Å². The second kappa shape index (κ2) is 7.72. The van der Waals surface area contributed by atoms with Crippen LogP contribution in [0.4, 0.5) is 0 Å². The summed E-state index contributed by atoms with van der Waals surface area (Å²) in [5, 5.41) is 4.55. The molecule has 2 aromatic carbocycles. The van der Waals surface area contributed by atoms with Crippen molar-refractivity contribution in [3.63, 3.8) is 0 Å². The van der Waals surface area contributed by atoms with Crippen LogP contribution in [0.3, 0.4) is 0 Å². The topological polar surface area (TPSA) is 50.5 Å². The Morgan fingerprint density at radius 3 is 2.24 bits per heavy atom. The van der Waals surface area contributed by atoms with Gasteiger partial charge in [0.1, 0.15) is 5.56 Å². The van der Waals surface area contributed by atoms with E-state index in [9.17, 15) is 4.79 Å². The van der Waals surface area contributed by atoms with Crippen LogP contribution in [0.5, 0.6) is 0 Å². The number of amides is 1. The number of aromatic nitrogens is 3. The van der Waals surface area contributed by atoms with Crippen molar-refractivity contribution in [1.82, 2.24) is 19.5 Å². The summed E-state index contributed by atoms with van der Waals surface area (Å²) in [7, 11) is 0. The van der Waals surface area contributed by atoms with Gasteiger partial charge in [0.25, 0.3) is 5.91 Å². The van der Waals surface area contributed by atoms with Crippen molar-refractivity contribution in [1.29, 1.82) is 0 Å². The number of thioether (sulfide) groups is 1. The predicted octanol–water partition coefficient (Wildman–Crippen LogP) is 4.25. The maximum absolute atomic E-state index is 13.2. The summed E-state index contributed by atoms with van der Waals surface area (Å²) in [5.41, 5.74) is 4.97. The fourth-order valence-electron chi connectivity index (χ4n) is 3.62. The quantitative estimate of drug-likeness (QED) is 0.516. The van der Waals surface area contributed by atoms with Crippen LogP contribution in [0.2, 0.25) is 0 Å². The van der Waals surface area contributed by atoms with Gasteiger partial charge in [-0.15, -0.1) is 0 Å². The van der Waals surface area contributed by atoms with E-state index in [4.69, 9.17) is 4.98 Å².